The fourth-order valence-corrected chi connectivity index (χ4v) is 16.4. The molecule has 10 heteroatoms. The summed E-state index contributed by atoms with van der Waals surface area (Å²) in [6, 6.07) is 128. The fraction of sp³-hybridized carbons (Fsp3) is 0.115. The first-order valence-corrected chi connectivity index (χ1v) is 55.1. The molecule has 0 atom stereocenters. The molecule has 0 aliphatic rings. The average Bonchev–Trinajstić information content (AvgIpc) is 0.813. The first-order chi connectivity index (χ1) is 67.9. The Labute approximate surface area is 890 Å². The Morgan fingerprint density at radius 2 is 0.350 bits per heavy atom. The number of para-hydroxylation sites is 4. The topological polar surface area (TPSA) is 16.2 Å². The van der Waals surface area contributed by atoms with Crippen LogP contribution in [0.3, 0.4) is 0 Å². The van der Waals surface area contributed by atoms with Gasteiger partial charge in [0.05, 0.1) is 0 Å². The van der Waals surface area contributed by atoms with Crippen LogP contribution in [0.5, 0.6) is 0 Å². The molecule has 0 fully saturated rings. The predicted molar refractivity (Wildman–Crippen MR) is 588 cm³/mol. The third-order valence-electron chi connectivity index (χ3n) is 22.7. The Balaban J connectivity index is 0.000000167. The van der Waals surface area contributed by atoms with Gasteiger partial charge in [0.2, 0.25) is 0 Å². The quantitative estimate of drug-likeness (QED) is 0.0253. The van der Waals surface area contributed by atoms with Crippen LogP contribution in [0.1, 0.15) is 111 Å². The molecule has 15 aromatic carbocycles. The molecule has 0 heterocycles. The summed E-state index contributed by atoms with van der Waals surface area (Å²) in [7, 11) is 0. The van der Waals surface area contributed by atoms with Gasteiger partial charge in [-0.15, -0.1) is 0 Å². The molecule has 0 saturated heterocycles. The van der Waals surface area contributed by atoms with Crippen molar-refractivity contribution in [2.24, 2.45) is 0 Å². The Hall–Kier alpha value is -12.5. The van der Waals surface area contributed by atoms with E-state index in [1.165, 1.54) is 180 Å². The van der Waals surface area contributed by atoms with Crippen molar-refractivity contribution in [1.82, 2.24) is 0 Å². The second-order valence-corrected chi connectivity index (χ2v) is 39.2. The number of hydrogen-bond acceptors (Lipinski definition) is 5. The van der Waals surface area contributed by atoms with Crippen molar-refractivity contribution >= 4 is 107 Å². The zero-order valence-electron chi connectivity index (χ0n) is 82.6. The zero-order chi connectivity index (χ0) is 99.7. The van der Waals surface area contributed by atoms with Crippen molar-refractivity contribution in [2.75, 3.05) is 24.5 Å². The number of rotatable bonds is 30. The monoisotopic (exact) mass is 2670 g/mol. The fourth-order valence-electron chi connectivity index (χ4n) is 15.0. The summed E-state index contributed by atoms with van der Waals surface area (Å²) in [5.74, 6) is 0. The third-order valence-corrected chi connectivity index (χ3v) is 25.6. The number of benzene rings is 15. The molecule has 15 aromatic rings. The first-order valence-electron chi connectivity index (χ1n) is 46.7. The van der Waals surface area contributed by atoms with Crippen LogP contribution in [0.15, 0.2) is 425 Å². The molecule has 0 aliphatic heterocycles. The Morgan fingerprint density at radius 3 is 0.571 bits per heavy atom. The molecule has 0 aliphatic carbocycles. The Kier molecular flexibility index (Phi) is 43.7. The number of anilines is 10. The Morgan fingerprint density at radius 1 is 0.171 bits per heavy atom. The molecule has 140 heavy (non-hydrogen) atoms. The van der Waals surface area contributed by atoms with Gasteiger partial charge in [-0.2, -0.15) is 0 Å². The van der Waals surface area contributed by atoms with Crippen LogP contribution in [0.25, 0.3) is 27.9 Å². The number of hydrogen-bond donors (Lipinski definition) is 0. The van der Waals surface area contributed by atoms with Crippen molar-refractivity contribution in [3.63, 3.8) is 0 Å². The van der Waals surface area contributed by atoms with Crippen LogP contribution in [0.4, 0.5) is 56.9 Å². The first kappa shape index (κ1) is 108. The van der Waals surface area contributed by atoms with E-state index in [4.69, 9.17) is 0 Å². The van der Waals surface area contributed by atoms with Crippen molar-refractivity contribution in [2.45, 2.75) is 104 Å². The molecule has 0 N–H and O–H groups in total. The van der Waals surface area contributed by atoms with E-state index in [2.05, 4.69) is 606 Å². The van der Waals surface area contributed by atoms with Crippen molar-refractivity contribution in [3.8, 4) is 0 Å². The van der Waals surface area contributed by atoms with Crippen LogP contribution in [0, 0.1) is 135 Å². The van der Waals surface area contributed by atoms with Gasteiger partial charge in [-0.3, -0.25) is 0 Å². The molecular weight excluding hydrogens is 2550 g/mol. The Bertz CT molecular complexity index is 6890. The van der Waals surface area contributed by atoms with E-state index in [0.29, 0.717) is 0 Å². The number of allylic oxidation sites excluding steroid dienone is 15. The number of nitrogens with zero attached hydrogens (tertiary/aromatic N) is 5. The molecule has 0 saturated carbocycles. The van der Waals surface area contributed by atoms with E-state index in [9.17, 15) is 0 Å². The standard InChI is InChI=1S/5C26H24N.5W/c1-5-10-24(23-17-15-20(2)16-18-23)19-27(25-13-8-6-11-21(25)3)26-14-9-7-12-22(26)4;1-5-8-24(23-15-13-20(2)14-16-23)19-27(25-11-6-9-21(3)17-25)26-12-7-10-22(4)18-26;1-5-9-24(23-16-14-20(2)15-17-23)19-27(25-12-8-10-21(3)18-25)26-13-7-6-11-22(26)4;1-5-8-24(23-15-11-20(2)12-16-23)19-27(25-17-13-21(3)14-18-25)26-10-7-6-9-22(26)4;1-5-7-24(23-14-10-20(2)11-15-23)19-27(25-16-12-21(3)13-17-25)26-9-6-8-22(4)18-26;;;;;/h5*1,5-18H,2-4H3;;;;;/q5*-1;;;;;. The molecule has 0 radical (unpaired) electrons. The molecular formula is C130H120N5W5-5. The van der Waals surface area contributed by atoms with Crippen LogP contribution < -0.4 is 24.5 Å². The van der Waals surface area contributed by atoms with Crippen molar-refractivity contribution in [3.05, 3.63) is 567 Å². The molecule has 5 nitrogen and oxygen atoms in total. The normalized spacial score (nSPS) is 11.6. The molecule has 0 bridgehead atoms. The van der Waals surface area contributed by atoms with Crippen LogP contribution in [-0.2, 0) is 96.8 Å². The van der Waals surface area contributed by atoms with Gasteiger partial charge in [-0.25, -0.2) is 0 Å². The molecule has 15 rings (SSSR count). The van der Waals surface area contributed by atoms with E-state index in [1.54, 1.807) is 0 Å². The minimum absolute atomic E-state index is 1.06. The van der Waals surface area contributed by atoms with E-state index in [1.807, 2.05) is 0 Å². The van der Waals surface area contributed by atoms with Gasteiger partial charge in [0, 0.05) is 0 Å². The molecule has 700 valence electrons. The maximum absolute atomic E-state index is 3.69. The van der Waals surface area contributed by atoms with Crippen LogP contribution >= 0.6 is 0 Å². The van der Waals surface area contributed by atoms with E-state index in [-0.39, 0.29) is 0 Å². The van der Waals surface area contributed by atoms with Crippen molar-refractivity contribution < 1.29 is 96.8 Å². The van der Waals surface area contributed by atoms with Gasteiger partial charge in [-0.1, -0.05) is 0 Å². The van der Waals surface area contributed by atoms with Crippen LogP contribution in [0.2, 0.25) is 0 Å². The van der Waals surface area contributed by atoms with E-state index < -0.39 is 0 Å². The van der Waals surface area contributed by atoms with E-state index >= 15 is 0 Å². The summed E-state index contributed by atoms with van der Waals surface area (Å²) >= 11 is 7.17. The number of aryl methyl sites for hydroxylation is 15. The predicted octanol–water partition coefficient (Wildman–Crippen LogP) is 32.5. The third kappa shape index (κ3) is 33.3. The van der Waals surface area contributed by atoms with Crippen molar-refractivity contribution in [1.29, 1.82) is 0 Å². The average molecular weight is 2670 g/mol. The van der Waals surface area contributed by atoms with E-state index in [0.717, 1.165) is 113 Å². The minimum atomic E-state index is 1.06. The second kappa shape index (κ2) is 56.7. The van der Waals surface area contributed by atoms with Gasteiger partial charge in [-0.05, 0) is 0 Å². The summed E-state index contributed by atoms with van der Waals surface area (Å²) in [5.41, 5.74) is 40.8. The molecule has 0 aromatic heterocycles. The van der Waals surface area contributed by atoms with Gasteiger partial charge in [0.1, 0.15) is 0 Å². The SMILES string of the molecule is Cc1ccc(C(=[C-]N(c2ccc(C)cc2)c2cccc(C)c2)C=C[CH]=[W])cc1.Cc1ccc(C(=[C-]N(c2ccc(C)cc2)c2ccccc2C)C=C[CH]=[W])cc1.Cc1ccc(C(=[C-]N(c2cccc(C)c2)c2cccc(C)c2)C=C[CH]=[W])cc1.Cc1ccc(C(=[C-]N(c2cccc(C)c2)c2ccccc2C)C=C[CH]=[W])cc1.Cc1ccc(C(=[C-]N(c2ccccc2C)c2ccccc2C)C=C[CH]=[W])cc1. The van der Waals surface area contributed by atoms with Crippen LogP contribution in [-0.4, -0.2) is 22.0 Å². The molecule has 0 spiro atoms. The maximum atomic E-state index is 3.69. The van der Waals surface area contributed by atoms with Gasteiger partial charge in [0.25, 0.3) is 0 Å². The summed E-state index contributed by atoms with van der Waals surface area (Å²) in [6.45, 7) is 31.9. The second-order valence-electron chi connectivity index (χ2n) is 34.3. The van der Waals surface area contributed by atoms with Gasteiger partial charge in [0.15, 0.2) is 0 Å². The molecule has 0 amide bonds. The van der Waals surface area contributed by atoms with Gasteiger partial charge >= 0.3 is 899 Å². The zero-order valence-corrected chi connectivity index (χ0v) is 97.2. The molecule has 0 unspecified atom stereocenters. The summed E-state index contributed by atoms with van der Waals surface area (Å²) in [4.78, 5) is 10.8. The summed E-state index contributed by atoms with van der Waals surface area (Å²) < 4.78 is 10.6. The summed E-state index contributed by atoms with van der Waals surface area (Å²) in [5, 5.41) is 0. The summed E-state index contributed by atoms with van der Waals surface area (Å²) in [6.07, 6.45) is 39.5. The van der Waals surface area contributed by atoms with Gasteiger partial charge < -0.3 is 0 Å².